The number of hydrogen-bond donors (Lipinski definition) is 1. The number of rotatable bonds is 11. The van der Waals surface area contributed by atoms with Crippen molar-refractivity contribution in [2.45, 2.75) is 50.8 Å². The number of esters is 1. The summed E-state index contributed by atoms with van der Waals surface area (Å²) in [5.41, 5.74) is 1.70. The smallest absolute Gasteiger partial charge is 0.303 e. The molecular weight excluding hydrogens is 494 g/mol. The lowest BCUT2D eigenvalue weighted by molar-refractivity contribution is -0.384. The molecule has 0 radical (unpaired) electrons. The van der Waals surface area contributed by atoms with Gasteiger partial charge in [0, 0.05) is 19.1 Å². The van der Waals surface area contributed by atoms with E-state index in [1.165, 1.54) is 31.2 Å². The highest BCUT2D eigenvalue weighted by atomic mass is 16.7. The van der Waals surface area contributed by atoms with Gasteiger partial charge in [0.15, 0.2) is 6.10 Å². The molecule has 0 amide bonds. The number of aliphatic hydroxyl groups excluding tert-OH is 1. The van der Waals surface area contributed by atoms with Crippen molar-refractivity contribution in [3.05, 3.63) is 106 Å². The Morgan fingerprint density at radius 1 is 0.921 bits per heavy atom. The number of non-ortho nitro benzene ring substituents is 1. The molecule has 38 heavy (non-hydrogen) atoms. The summed E-state index contributed by atoms with van der Waals surface area (Å²) < 4.78 is 29.4. The highest BCUT2D eigenvalue weighted by Gasteiger charge is 2.49. The molecule has 3 aromatic carbocycles. The van der Waals surface area contributed by atoms with E-state index in [-0.39, 0.29) is 31.3 Å². The summed E-state index contributed by atoms with van der Waals surface area (Å²) in [4.78, 5) is 22.4. The Kier molecular flexibility index (Phi) is 9.39. The van der Waals surface area contributed by atoms with Crippen LogP contribution in [0.2, 0.25) is 0 Å². The number of aliphatic hydroxyl groups is 1. The minimum atomic E-state index is -1.32. The first kappa shape index (κ1) is 27.2. The van der Waals surface area contributed by atoms with E-state index in [2.05, 4.69) is 0 Å². The average Bonchev–Trinajstić information content (AvgIpc) is 2.92. The van der Waals surface area contributed by atoms with Crippen LogP contribution in [0.1, 0.15) is 18.1 Å². The molecule has 10 heteroatoms. The van der Waals surface area contributed by atoms with Crippen molar-refractivity contribution in [1.29, 1.82) is 0 Å². The number of hydrogen-bond acceptors (Lipinski definition) is 9. The number of carbonyl (C=O) groups excluding carboxylic acids is 1. The first-order valence-electron chi connectivity index (χ1n) is 12.1. The standard InChI is InChI=1S/C28H29NO9/c1-19(30)36-26-24(18-34-16-20-8-4-2-5-9-20)38-28(37-23-14-12-22(13-15-23)29(32)33)27(25(26)31)35-17-21-10-6-3-7-11-21/h2-15,24-28,31H,16-18H2,1H3/t24-,25+,26+,27-,28-/m1/s1. The summed E-state index contributed by atoms with van der Waals surface area (Å²) in [5.74, 6) is -0.321. The van der Waals surface area contributed by atoms with Crippen molar-refractivity contribution >= 4 is 11.7 Å². The fourth-order valence-corrected chi connectivity index (χ4v) is 4.05. The lowest BCUT2D eigenvalue weighted by atomic mass is 9.98. The highest BCUT2D eigenvalue weighted by molar-refractivity contribution is 5.66. The molecular formula is C28H29NO9. The second-order valence-electron chi connectivity index (χ2n) is 8.74. The van der Waals surface area contributed by atoms with Gasteiger partial charge in [-0.25, -0.2) is 0 Å². The number of nitro benzene ring substituents is 1. The summed E-state index contributed by atoms with van der Waals surface area (Å²) in [6.07, 6.45) is -5.46. The maximum Gasteiger partial charge on any atom is 0.303 e. The Labute approximate surface area is 219 Å². The van der Waals surface area contributed by atoms with E-state index in [4.69, 9.17) is 23.7 Å². The summed E-state index contributed by atoms with van der Waals surface area (Å²) >= 11 is 0. The Morgan fingerprint density at radius 3 is 2.11 bits per heavy atom. The Bertz CT molecular complexity index is 1170. The molecule has 4 rings (SSSR count). The molecule has 10 nitrogen and oxygen atoms in total. The number of benzene rings is 3. The lowest BCUT2D eigenvalue weighted by Gasteiger charge is -2.43. The molecule has 0 saturated carbocycles. The molecule has 1 N–H and O–H groups in total. The van der Waals surface area contributed by atoms with Gasteiger partial charge in [0.2, 0.25) is 6.29 Å². The van der Waals surface area contributed by atoms with Crippen LogP contribution < -0.4 is 4.74 Å². The van der Waals surface area contributed by atoms with Gasteiger partial charge in [-0.15, -0.1) is 0 Å². The van der Waals surface area contributed by atoms with Crippen LogP contribution in [-0.4, -0.2) is 53.3 Å². The second kappa shape index (κ2) is 13.1. The third-order valence-corrected chi connectivity index (χ3v) is 5.90. The predicted octanol–water partition coefficient (Wildman–Crippen LogP) is 3.79. The van der Waals surface area contributed by atoms with E-state index < -0.39 is 41.6 Å². The summed E-state index contributed by atoms with van der Waals surface area (Å²) in [7, 11) is 0. The van der Waals surface area contributed by atoms with Gasteiger partial charge in [-0.1, -0.05) is 60.7 Å². The van der Waals surface area contributed by atoms with Crippen LogP contribution in [0.4, 0.5) is 5.69 Å². The van der Waals surface area contributed by atoms with Crippen molar-refractivity contribution in [2.75, 3.05) is 6.61 Å². The molecule has 1 saturated heterocycles. The first-order chi connectivity index (χ1) is 18.4. The zero-order valence-corrected chi connectivity index (χ0v) is 20.8. The maximum atomic E-state index is 11.9. The summed E-state index contributed by atoms with van der Waals surface area (Å²) in [6.45, 7) is 1.66. The topological polar surface area (TPSA) is 127 Å². The van der Waals surface area contributed by atoms with Crippen LogP contribution in [0, 0.1) is 10.1 Å². The van der Waals surface area contributed by atoms with Gasteiger partial charge in [-0.3, -0.25) is 14.9 Å². The molecule has 1 aliphatic heterocycles. The van der Waals surface area contributed by atoms with Gasteiger partial charge in [0.05, 0.1) is 24.7 Å². The normalized spacial score (nSPS) is 22.9. The second-order valence-corrected chi connectivity index (χ2v) is 8.74. The average molecular weight is 524 g/mol. The fraction of sp³-hybridized carbons (Fsp3) is 0.321. The van der Waals surface area contributed by atoms with Gasteiger partial charge >= 0.3 is 5.97 Å². The molecule has 0 aliphatic carbocycles. The molecule has 1 heterocycles. The molecule has 1 aliphatic rings. The largest absolute Gasteiger partial charge is 0.462 e. The van der Waals surface area contributed by atoms with Crippen molar-refractivity contribution < 1.29 is 38.5 Å². The minimum Gasteiger partial charge on any atom is -0.462 e. The Morgan fingerprint density at radius 2 is 1.53 bits per heavy atom. The van der Waals surface area contributed by atoms with Gasteiger partial charge < -0.3 is 28.8 Å². The molecule has 5 atom stereocenters. The van der Waals surface area contributed by atoms with Crippen LogP contribution >= 0.6 is 0 Å². The molecule has 0 spiro atoms. The number of ether oxygens (including phenoxy) is 5. The van der Waals surface area contributed by atoms with E-state index in [0.717, 1.165) is 11.1 Å². The third-order valence-electron chi connectivity index (χ3n) is 5.90. The van der Waals surface area contributed by atoms with Gasteiger partial charge in [0.1, 0.15) is 24.1 Å². The molecule has 0 aromatic heterocycles. The predicted molar refractivity (Wildman–Crippen MR) is 135 cm³/mol. The van der Waals surface area contributed by atoms with Crippen molar-refractivity contribution in [2.24, 2.45) is 0 Å². The van der Waals surface area contributed by atoms with Gasteiger partial charge in [-0.2, -0.15) is 0 Å². The monoisotopic (exact) mass is 523 g/mol. The molecule has 200 valence electrons. The first-order valence-corrected chi connectivity index (χ1v) is 12.1. The minimum absolute atomic E-state index is 0.00454. The Hall–Kier alpha value is -3.83. The Balaban J connectivity index is 1.53. The third kappa shape index (κ3) is 7.36. The van der Waals surface area contributed by atoms with Crippen LogP contribution in [-0.2, 0) is 37.0 Å². The van der Waals surface area contributed by atoms with E-state index >= 15 is 0 Å². The molecule has 3 aromatic rings. The van der Waals surface area contributed by atoms with Crippen LogP contribution in [0.3, 0.4) is 0 Å². The van der Waals surface area contributed by atoms with E-state index in [0.29, 0.717) is 0 Å². The molecule has 0 unspecified atom stereocenters. The summed E-state index contributed by atoms with van der Waals surface area (Å²) in [5, 5.41) is 22.3. The lowest BCUT2D eigenvalue weighted by Crippen LogP contribution is -2.62. The number of carbonyl (C=O) groups is 1. The number of nitro groups is 1. The molecule has 1 fully saturated rings. The van der Waals surface area contributed by atoms with Crippen molar-refractivity contribution in [3.63, 3.8) is 0 Å². The van der Waals surface area contributed by atoms with E-state index in [9.17, 15) is 20.0 Å². The van der Waals surface area contributed by atoms with E-state index in [1.54, 1.807) is 0 Å². The quantitative estimate of drug-likeness (QED) is 0.227. The highest BCUT2D eigenvalue weighted by Crippen LogP contribution is 2.30. The summed E-state index contributed by atoms with van der Waals surface area (Å²) in [6, 6.07) is 24.3. The fourth-order valence-electron chi connectivity index (χ4n) is 4.05. The maximum absolute atomic E-state index is 11.9. The SMILES string of the molecule is CC(=O)O[C@@H]1[C@H](O)[C@@H](OCc2ccccc2)[C@H](Oc2ccc([N+](=O)[O-])cc2)O[C@@H]1COCc1ccccc1. The van der Waals surface area contributed by atoms with E-state index in [1.807, 2.05) is 60.7 Å². The number of nitrogens with zero attached hydrogens (tertiary/aromatic N) is 1. The van der Waals surface area contributed by atoms with Crippen LogP contribution in [0.15, 0.2) is 84.9 Å². The van der Waals surface area contributed by atoms with Gasteiger partial charge in [0.25, 0.3) is 5.69 Å². The zero-order chi connectivity index (χ0) is 26.9. The zero-order valence-electron chi connectivity index (χ0n) is 20.8. The van der Waals surface area contributed by atoms with Crippen LogP contribution in [0.25, 0.3) is 0 Å². The van der Waals surface area contributed by atoms with Crippen molar-refractivity contribution in [1.82, 2.24) is 0 Å². The van der Waals surface area contributed by atoms with Gasteiger partial charge in [-0.05, 0) is 23.3 Å². The van der Waals surface area contributed by atoms with Crippen LogP contribution in [0.5, 0.6) is 5.75 Å². The molecule has 0 bridgehead atoms. The van der Waals surface area contributed by atoms with Crippen molar-refractivity contribution in [3.8, 4) is 5.75 Å².